The zero-order chi connectivity index (χ0) is 14.7. The van der Waals surface area contributed by atoms with Gasteiger partial charge in [-0.05, 0) is 0 Å². The SMILES string of the molecule is C[N+](C)(C)CCCCl.OC(CCl)C[n+]1ccccc1.[Cl-].[Cl-]. The average molecular weight is 380 g/mol. The Bertz CT molecular complexity index is 321. The molecule has 1 aromatic rings. The second-order valence-electron chi connectivity index (χ2n) is 5.44. The van der Waals surface area contributed by atoms with E-state index in [0.717, 1.165) is 16.8 Å². The molecule has 1 unspecified atom stereocenters. The molecule has 1 heterocycles. The minimum absolute atomic E-state index is 0. The van der Waals surface area contributed by atoms with Crippen molar-refractivity contribution in [1.82, 2.24) is 0 Å². The lowest BCUT2D eigenvalue weighted by Gasteiger charge is -2.22. The molecule has 0 radical (unpaired) electrons. The zero-order valence-corrected chi connectivity index (χ0v) is 15.9. The third-order valence-corrected chi connectivity index (χ3v) is 2.96. The lowest BCUT2D eigenvalue weighted by molar-refractivity contribution is -0.870. The van der Waals surface area contributed by atoms with Gasteiger partial charge in [-0.15, -0.1) is 23.2 Å². The predicted octanol–water partition coefficient (Wildman–Crippen LogP) is -4.10. The molecule has 3 nitrogen and oxygen atoms in total. The van der Waals surface area contributed by atoms with Crippen molar-refractivity contribution in [2.75, 3.05) is 39.4 Å². The highest BCUT2D eigenvalue weighted by Crippen LogP contribution is 1.93. The lowest BCUT2D eigenvalue weighted by Crippen LogP contribution is -3.00. The monoisotopic (exact) mass is 378 g/mol. The maximum atomic E-state index is 9.16. The first kappa shape index (κ1) is 26.1. The second kappa shape index (κ2) is 15.1. The zero-order valence-electron chi connectivity index (χ0n) is 12.9. The number of nitrogens with zero attached hydrogens (tertiary/aromatic N) is 2. The smallest absolute Gasteiger partial charge is 0.175 e. The number of halogens is 4. The fourth-order valence-corrected chi connectivity index (χ4v) is 1.60. The molecule has 0 saturated heterocycles. The van der Waals surface area contributed by atoms with Gasteiger partial charge in [0.25, 0.3) is 0 Å². The van der Waals surface area contributed by atoms with Crippen molar-refractivity contribution >= 4 is 23.2 Å². The van der Waals surface area contributed by atoms with Gasteiger partial charge in [0.1, 0.15) is 6.10 Å². The highest BCUT2D eigenvalue weighted by molar-refractivity contribution is 6.18. The Morgan fingerprint density at radius 1 is 1.05 bits per heavy atom. The van der Waals surface area contributed by atoms with Gasteiger partial charge < -0.3 is 34.4 Å². The third-order valence-electron chi connectivity index (χ3n) is 2.34. The van der Waals surface area contributed by atoms with Gasteiger partial charge >= 0.3 is 0 Å². The topological polar surface area (TPSA) is 24.1 Å². The molecule has 0 aliphatic rings. The summed E-state index contributed by atoms with van der Waals surface area (Å²) < 4.78 is 2.92. The maximum absolute atomic E-state index is 9.16. The van der Waals surface area contributed by atoms with Crippen LogP contribution < -0.4 is 29.4 Å². The van der Waals surface area contributed by atoms with Gasteiger partial charge in [0, 0.05) is 24.4 Å². The number of alkyl halides is 2. The molecular formula is C14H26Cl4N2O. The quantitative estimate of drug-likeness (QED) is 0.303. The van der Waals surface area contributed by atoms with Crippen molar-refractivity contribution in [1.29, 1.82) is 0 Å². The van der Waals surface area contributed by atoms with E-state index in [1.165, 1.54) is 6.54 Å². The van der Waals surface area contributed by atoms with Gasteiger partial charge in [-0.25, -0.2) is 4.57 Å². The molecular weight excluding hydrogens is 354 g/mol. The molecule has 0 aliphatic heterocycles. The number of aliphatic hydroxyl groups is 1. The van der Waals surface area contributed by atoms with Gasteiger partial charge in [0.15, 0.2) is 18.9 Å². The molecule has 21 heavy (non-hydrogen) atoms. The fraction of sp³-hybridized carbons (Fsp3) is 0.643. The Balaban J connectivity index is -0.000000295. The number of pyridine rings is 1. The minimum Gasteiger partial charge on any atom is -1.00 e. The predicted molar refractivity (Wildman–Crippen MR) is 81.6 cm³/mol. The van der Waals surface area contributed by atoms with E-state index in [4.69, 9.17) is 28.3 Å². The summed E-state index contributed by atoms with van der Waals surface area (Å²) in [5.41, 5.74) is 0. The summed E-state index contributed by atoms with van der Waals surface area (Å²) in [7, 11) is 6.52. The molecule has 0 spiro atoms. The van der Waals surface area contributed by atoms with Crippen LogP contribution in [-0.4, -0.2) is 55.1 Å². The molecule has 0 fully saturated rings. The summed E-state index contributed by atoms with van der Waals surface area (Å²) in [5.74, 6) is 1.07. The molecule has 7 heteroatoms. The summed E-state index contributed by atoms with van der Waals surface area (Å²) in [5, 5.41) is 9.16. The first-order chi connectivity index (χ1) is 8.89. The molecule has 126 valence electrons. The molecule has 0 aliphatic carbocycles. The molecule has 1 aromatic heterocycles. The Hall–Kier alpha value is 0.230. The van der Waals surface area contributed by atoms with E-state index < -0.39 is 6.10 Å². The van der Waals surface area contributed by atoms with Crippen LogP contribution in [0.1, 0.15) is 6.42 Å². The minimum atomic E-state index is -0.455. The number of hydrogen-bond acceptors (Lipinski definition) is 1. The van der Waals surface area contributed by atoms with E-state index in [2.05, 4.69) is 21.1 Å². The number of aliphatic hydroxyl groups excluding tert-OH is 1. The van der Waals surface area contributed by atoms with Gasteiger partial charge in [0.2, 0.25) is 0 Å². The van der Waals surface area contributed by atoms with E-state index in [-0.39, 0.29) is 30.7 Å². The van der Waals surface area contributed by atoms with Gasteiger partial charge in [0.05, 0.1) is 33.6 Å². The highest BCUT2D eigenvalue weighted by atomic mass is 35.5. The standard InChI is InChI=1S/C8H11ClNO.C6H15ClN.2ClH/c9-6-8(11)7-10-4-2-1-3-5-10;1-8(2,3)6-4-5-7;;/h1-5,8,11H,6-7H2;4-6H2,1-3H3;2*1H/q2*+1;;/p-2. The summed E-state index contributed by atoms with van der Waals surface area (Å²) in [6, 6.07) is 5.77. The summed E-state index contributed by atoms with van der Waals surface area (Å²) in [4.78, 5) is 0. The molecule has 0 aromatic carbocycles. The van der Waals surface area contributed by atoms with Gasteiger partial charge in [-0.1, -0.05) is 6.07 Å². The summed E-state index contributed by atoms with van der Waals surface area (Å²) in [6.45, 7) is 1.73. The van der Waals surface area contributed by atoms with Crippen molar-refractivity contribution < 1.29 is 39.0 Å². The third kappa shape index (κ3) is 18.2. The van der Waals surface area contributed by atoms with Crippen LogP contribution in [0.2, 0.25) is 0 Å². The normalized spacial score (nSPS) is 11.3. The van der Waals surface area contributed by atoms with E-state index >= 15 is 0 Å². The molecule has 1 atom stereocenters. The summed E-state index contributed by atoms with van der Waals surface area (Å²) in [6.07, 6.45) is 4.46. The van der Waals surface area contributed by atoms with Crippen LogP contribution in [0.15, 0.2) is 30.6 Å². The molecule has 1 rings (SSSR count). The van der Waals surface area contributed by atoms with Crippen LogP contribution in [0.3, 0.4) is 0 Å². The summed E-state index contributed by atoms with van der Waals surface area (Å²) >= 11 is 10.9. The second-order valence-corrected chi connectivity index (χ2v) is 6.12. The van der Waals surface area contributed by atoms with Crippen LogP contribution in [0.5, 0.6) is 0 Å². The molecule has 0 bridgehead atoms. The van der Waals surface area contributed by atoms with E-state index in [1.54, 1.807) is 0 Å². The van der Waals surface area contributed by atoms with Crippen molar-refractivity contribution in [3.63, 3.8) is 0 Å². The first-order valence-electron chi connectivity index (χ1n) is 6.43. The van der Waals surface area contributed by atoms with E-state index in [9.17, 15) is 0 Å². The van der Waals surface area contributed by atoms with Gasteiger partial charge in [-0.3, -0.25) is 0 Å². The van der Waals surface area contributed by atoms with Crippen molar-refractivity contribution in [3.05, 3.63) is 30.6 Å². The van der Waals surface area contributed by atoms with Gasteiger partial charge in [-0.2, -0.15) is 0 Å². The number of hydrogen-bond donors (Lipinski definition) is 1. The van der Waals surface area contributed by atoms with Crippen LogP contribution in [0.25, 0.3) is 0 Å². The van der Waals surface area contributed by atoms with Crippen LogP contribution in [-0.2, 0) is 6.54 Å². The molecule has 1 N–H and O–H groups in total. The Labute approximate surface area is 151 Å². The van der Waals surface area contributed by atoms with E-state index in [1.807, 2.05) is 35.2 Å². The van der Waals surface area contributed by atoms with Crippen LogP contribution in [0, 0.1) is 0 Å². The number of aromatic nitrogens is 1. The van der Waals surface area contributed by atoms with Crippen molar-refractivity contribution in [3.8, 4) is 0 Å². The Morgan fingerprint density at radius 2 is 1.57 bits per heavy atom. The number of quaternary nitrogens is 1. The molecule has 0 amide bonds. The first-order valence-corrected chi connectivity index (χ1v) is 7.50. The van der Waals surface area contributed by atoms with Crippen LogP contribution in [0.4, 0.5) is 0 Å². The molecule has 0 saturated carbocycles. The number of rotatable bonds is 6. The average Bonchev–Trinajstić information content (AvgIpc) is 2.37. The lowest BCUT2D eigenvalue weighted by atomic mass is 10.4. The van der Waals surface area contributed by atoms with Crippen LogP contribution >= 0.6 is 23.2 Å². The largest absolute Gasteiger partial charge is 1.00 e. The van der Waals surface area contributed by atoms with Crippen molar-refractivity contribution in [2.45, 2.75) is 19.1 Å². The Morgan fingerprint density at radius 3 is 1.90 bits per heavy atom. The van der Waals surface area contributed by atoms with E-state index in [0.29, 0.717) is 6.54 Å². The highest BCUT2D eigenvalue weighted by Gasteiger charge is 2.07. The van der Waals surface area contributed by atoms with Crippen molar-refractivity contribution in [2.24, 2.45) is 0 Å². The Kier molecular flexibility index (Phi) is 18.8. The maximum Gasteiger partial charge on any atom is 0.175 e. The fourth-order valence-electron chi connectivity index (χ4n) is 1.38.